The molecule has 0 aliphatic carbocycles. The number of rotatable bonds is 5. The van der Waals surface area contributed by atoms with Crippen LogP contribution in [0.25, 0.3) is 0 Å². The van der Waals surface area contributed by atoms with Gasteiger partial charge in [-0.05, 0) is 30.5 Å². The van der Waals surface area contributed by atoms with Gasteiger partial charge in [0, 0.05) is 12.8 Å². The molecule has 4 nitrogen and oxygen atoms in total. The predicted octanol–water partition coefficient (Wildman–Crippen LogP) is 1.39. The first-order valence-corrected chi connectivity index (χ1v) is 5.52. The minimum absolute atomic E-state index is 0.158. The highest BCUT2D eigenvalue weighted by atomic mass is 19.1. The minimum atomic E-state index is -0.240. The number of halogens is 1. The van der Waals surface area contributed by atoms with Gasteiger partial charge in [-0.3, -0.25) is 0 Å². The van der Waals surface area contributed by atoms with Gasteiger partial charge in [0.2, 0.25) is 0 Å². The standard InChI is InChI=1S/C12H14FN3O/c13-11-5-3-10(4-6-11)8-16-9-12(14-15-16)2-1-7-17/h3-6,9,17H,1-2,7-8H2. The van der Waals surface area contributed by atoms with Crippen LogP contribution in [-0.4, -0.2) is 26.7 Å². The fourth-order valence-corrected chi connectivity index (χ4v) is 1.57. The van der Waals surface area contributed by atoms with Gasteiger partial charge >= 0.3 is 0 Å². The second kappa shape index (κ2) is 5.54. The largest absolute Gasteiger partial charge is 0.396 e. The molecule has 0 aliphatic heterocycles. The minimum Gasteiger partial charge on any atom is -0.396 e. The summed E-state index contributed by atoms with van der Waals surface area (Å²) in [5.74, 6) is -0.240. The topological polar surface area (TPSA) is 50.9 Å². The Bertz CT molecular complexity index is 467. The summed E-state index contributed by atoms with van der Waals surface area (Å²) in [6.45, 7) is 0.733. The maximum absolute atomic E-state index is 12.7. The van der Waals surface area contributed by atoms with Gasteiger partial charge in [-0.1, -0.05) is 17.3 Å². The van der Waals surface area contributed by atoms with Gasteiger partial charge in [0.05, 0.1) is 12.2 Å². The smallest absolute Gasteiger partial charge is 0.123 e. The highest BCUT2D eigenvalue weighted by Crippen LogP contribution is 2.05. The fraction of sp³-hybridized carbons (Fsp3) is 0.333. The average molecular weight is 235 g/mol. The van der Waals surface area contributed by atoms with Crippen molar-refractivity contribution >= 4 is 0 Å². The molecule has 0 amide bonds. The van der Waals surface area contributed by atoms with Crippen molar-refractivity contribution in [2.75, 3.05) is 6.61 Å². The number of hydrogen-bond acceptors (Lipinski definition) is 3. The van der Waals surface area contributed by atoms with Crippen molar-refractivity contribution in [3.8, 4) is 0 Å². The Balaban J connectivity index is 1.98. The third-order valence-corrected chi connectivity index (χ3v) is 2.43. The lowest BCUT2D eigenvalue weighted by molar-refractivity contribution is 0.288. The van der Waals surface area contributed by atoms with E-state index >= 15 is 0 Å². The van der Waals surface area contributed by atoms with Crippen molar-refractivity contribution in [3.05, 3.63) is 47.5 Å². The van der Waals surface area contributed by atoms with Crippen LogP contribution in [0.4, 0.5) is 4.39 Å². The Kier molecular flexibility index (Phi) is 3.82. The van der Waals surface area contributed by atoms with Crippen LogP contribution in [0.2, 0.25) is 0 Å². The average Bonchev–Trinajstić information content (AvgIpc) is 2.77. The molecule has 1 N–H and O–H groups in total. The van der Waals surface area contributed by atoms with Gasteiger partial charge in [-0.25, -0.2) is 9.07 Å². The Hall–Kier alpha value is -1.75. The molecular weight excluding hydrogens is 221 g/mol. The second-order valence-corrected chi connectivity index (χ2v) is 3.86. The molecule has 1 aromatic carbocycles. The quantitative estimate of drug-likeness (QED) is 0.852. The third-order valence-electron chi connectivity index (χ3n) is 2.43. The van der Waals surface area contributed by atoms with E-state index in [1.54, 1.807) is 16.8 Å². The molecular formula is C12H14FN3O. The molecule has 0 saturated carbocycles. The van der Waals surface area contributed by atoms with Crippen LogP contribution < -0.4 is 0 Å². The van der Waals surface area contributed by atoms with Crippen LogP contribution in [0.3, 0.4) is 0 Å². The van der Waals surface area contributed by atoms with Crippen molar-refractivity contribution in [1.82, 2.24) is 15.0 Å². The number of benzene rings is 1. The number of nitrogens with zero attached hydrogens (tertiary/aromatic N) is 3. The molecule has 5 heteroatoms. The number of aromatic nitrogens is 3. The molecule has 0 unspecified atom stereocenters. The summed E-state index contributed by atoms with van der Waals surface area (Å²) in [4.78, 5) is 0. The fourth-order valence-electron chi connectivity index (χ4n) is 1.57. The van der Waals surface area contributed by atoms with E-state index in [1.165, 1.54) is 12.1 Å². The molecule has 1 aromatic heterocycles. The zero-order valence-electron chi connectivity index (χ0n) is 9.38. The number of aliphatic hydroxyl groups excluding tert-OH is 1. The van der Waals surface area contributed by atoms with Crippen molar-refractivity contribution in [1.29, 1.82) is 0 Å². The van der Waals surface area contributed by atoms with Gasteiger partial charge in [0.15, 0.2) is 0 Å². The summed E-state index contributed by atoms with van der Waals surface area (Å²) in [5, 5.41) is 16.7. The first-order chi connectivity index (χ1) is 8.28. The lowest BCUT2D eigenvalue weighted by Gasteiger charge is -2.00. The molecule has 2 rings (SSSR count). The summed E-state index contributed by atoms with van der Waals surface area (Å²) in [7, 11) is 0. The van der Waals surface area contributed by atoms with Crippen molar-refractivity contribution in [3.63, 3.8) is 0 Å². The van der Waals surface area contributed by atoms with E-state index in [9.17, 15) is 4.39 Å². The van der Waals surface area contributed by atoms with Crippen LogP contribution in [0.1, 0.15) is 17.7 Å². The van der Waals surface area contributed by atoms with Crippen molar-refractivity contribution in [2.24, 2.45) is 0 Å². The maximum Gasteiger partial charge on any atom is 0.123 e. The summed E-state index contributed by atoms with van der Waals surface area (Å²) in [6, 6.07) is 6.31. The SMILES string of the molecule is OCCCc1cn(Cc2ccc(F)cc2)nn1. The van der Waals surface area contributed by atoms with Crippen LogP contribution in [0, 0.1) is 5.82 Å². The highest BCUT2D eigenvalue weighted by molar-refractivity contribution is 5.16. The predicted molar refractivity (Wildman–Crippen MR) is 60.9 cm³/mol. The summed E-state index contributed by atoms with van der Waals surface area (Å²) >= 11 is 0. The Morgan fingerprint density at radius 2 is 2.00 bits per heavy atom. The molecule has 17 heavy (non-hydrogen) atoms. The zero-order valence-corrected chi connectivity index (χ0v) is 9.38. The number of aliphatic hydroxyl groups is 1. The van der Waals surface area contributed by atoms with Crippen LogP contribution in [0.5, 0.6) is 0 Å². The first-order valence-electron chi connectivity index (χ1n) is 5.52. The first kappa shape index (κ1) is 11.7. The highest BCUT2D eigenvalue weighted by Gasteiger charge is 2.01. The van der Waals surface area contributed by atoms with E-state index in [0.717, 1.165) is 17.7 Å². The molecule has 2 aromatic rings. The normalized spacial score (nSPS) is 10.7. The van der Waals surface area contributed by atoms with E-state index in [1.807, 2.05) is 6.20 Å². The van der Waals surface area contributed by atoms with Crippen molar-refractivity contribution < 1.29 is 9.50 Å². The van der Waals surface area contributed by atoms with Gasteiger partial charge < -0.3 is 5.11 Å². The molecule has 0 radical (unpaired) electrons. The lowest BCUT2D eigenvalue weighted by atomic mass is 10.2. The molecule has 0 atom stereocenters. The Morgan fingerprint density at radius 1 is 1.24 bits per heavy atom. The lowest BCUT2D eigenvalue weighted by Crippen LogP contribution is -2.00. The van der Waals surface area contributed by atoms with E-state index < -0.39 is 0 Å². The molecule has 0 aliphatic rings. The van der Waals surface area contributed by atoms with Gasteiger partial charge in [-0.2, -0.15) is 0 Å². The number of aryl methyl sites for hydroxylation is 1. The molecule has 0 spiro atoms. The van der Waals surface area contributed by atoms with Gasteiger partial charge in [0.1, 0.15) is 5.82 Å². The molecule has 0 fully saturated rings. The van der Waals surface area contributed by atoms with E-state index in [4.69, 9.17) is 5.11 Å². The Morgan fingerprint density at radius 3 is 2.71 bits per heavy atom. The van der Waals surface area contributed by atoms with Crippen molar-refractivity contribution in [2.45, 2.75) is 19.4 Å². The zero-order chi connectivity index (χ0) is 12.1. The monoisotopic (exact) mass is 235 g/mol. The Labute approximate surface area is 98.7 Å². The second-order valence-electron chi connectivity index (χ2n) is 3.86. The van der Waals surface area contributed by atoms with Gasteiger partial charge in [0.25, 0.3) is 0 Å². The molecule has 1 heterocycles. The van der Waals surface area contributed by atoms with Gasteiger partial charge in [-0.15, -0.1) is 5.10 Å². The van der Waals surface area contributed by atoms with E-state index in [0.29, 0.717) is 13.0 Å². The van der Waals surface area contributed by atoms with Crippen LogP contribution >= 0.6 is 0 Å². The maximum atomic E-state index is 12.7. The van der Waals surface area contributed by atoms with E-state index in [2.05, 4.69) is 10.3 Å². The summed E-state index contributed by atoms with van der Waals surface area (Å²) in [6.07, 6.45) is 3.26. The number of hydrogen-bond donors (Lipinski definition) is 1. The summed E-state index contributed by atoms with van der Waals surface area (Å²) < 4.78 is 14.4. The van der Waals surface area contributed by atoms with Crippen LogP contribution in [-0.2, 0) is 13.0 Å². The molecule has 90 valence electrons. The molecule has 0 bridgehead atoms. The van der Waals surface area contributed by atoms with E-state index in [-0.39, 0.29) is 12.4 Å². The van der Waals surface area contributed by atoms with Crippen LogP contribution in [0.15, 0.2) is 30.5 Å². The third kappa shape index (κ3) is 3.35. The molecule has 0 saturated heterocycles. The summed E-state index contributed by atoms with van der Waals surface area (Å²) in [5.41, 5.74) is 1.84.